The molecule has 0 bridgehead atoms. The Labute approximate surface area is 175 Å². The van der Waals surface area contributed by atoms with E-state index in [4.69, 9.17) is 32.7 Å². The maximum atomic E-state index is 13.2. The van der Waals surface area contributed by atoms with Crippen molar-refractivity contribution in [2.75, 3.05) is 26.2 Å². The molecule has 2 atom stereocenters. The minimum atomic E-state index is -0.712. The summed E-state index contributed by atoms with van der Waals surface area (Å²) in [5, 5.41) is 1.16. The molecule has 0 spiro atoms. The van der Waals surface area contributed by atoms with Crippen LogP contribution in [0.5, 0.6) is 0 Å². The Morgan fingerprint density at radius 1 is 1.21 bits per heavy atom. The molecule has 6 nitrogen and oxygen atoms in total. The molecule has 3 rings (SSSR count). The lowest BCUT2D eigenvalue weighted by atomic mass is 9.93. The van der Waals surface area contributed by atoms with Gasteiger partial charge in [0, 0.05) is 23.1 Å². The standard InChI is InChI=1S/C20H26Cl2N2O4/c1-12-17-13(9-14(21)10-15(17)22)5-6-24(12)18(25)16-11-23(7-8-27-16)19(26)28-20(2,3)4/h9-10,12,16H,5-8,11H2,1-4H3/t12?,16-/m1/s1. The van der Waals surface area contributed by atoms with E-state index in [9.17, 15) is 9.59 Å². The van der Waals surface area contributed by atoms with E-state index in [1.54, 1.807) is 11.0 Å². The Morgan fingerprint density at radius 3 is 2.61 bits per heavy atom. The third kappa shape index (κ3) is 4.56. The summed E-state index contributed by atoms with van der Waals surface area (Å²) in [6, 6.07) is 3.41. The third-order valence-electron chi connectivity index (χ3n) is 4.96. The zero-order chi connectivity index (χ0) is 20.6. The second-order valence-electron chi connectivity index (χ2n) is 8.20. The van der Waals surface area contributed by atoms with Gasteiger partial charge >= 0.3 is 6.09 Å². The second kappa shape index (κ2) is 8.09. The molecule has 0 N–H and O–H groups in total. The van der Waals surface area contributed by atoms with Crippen LogP contribution in [-0.4, -0.2) is 59.7 Å². The summed E-state index contributed by atoms with van der Waals surface area (Å²) in [6.45, 7) is 8.83. The van der Waals surface area contributed by atoms with Crippen molar-refractivity contribution in [1.29, 1.82) is 0 Å². The van der Waals surface area contributed by atoms with E-state index in [0.717, 1.165) is 11.1 Å². The molecule has 0 aromatic heterocycles. The van der Waals surface area contributed by atoms with Crippen LogP contribution in [0.15, 0.2) is 12.1 Å². The summed E-state index contributed by atoms with van der Waals surface area (Å²) in [4.78, 5) is 28.8. The molecule has 2 aliphatic heterocycles. The maximum Gasteiger partial charge on any atom is 0.410 e. The average Bonchev–Trinajstić information content (AvgIpc) is 2.59. The zero-order valence-electron chi connectivity index (χ0n) is 16.6. The number of hydrogen-bond acceptors (Lipinski definition) is 4. The fourth-order valence-electron chi connectivity index (χ4n) is 3.68. The van der Waals surface area contributed by atoms with Crippen LogP contribution in [0.3, 0.4) is 0 Å². The van der Waals surface area contributed by atoms with Crippen LogP contribution in [0.2, 0.25) is 10.0 Å². The predicted octanol–water partition coefficient (Wildman–Crippen LogP) is 4.08. The zero-order valence-corrected chi connectivity index (χ0v) is 18.1. The van der Waals surface area contributed by atoms with E-state index >= 15 is 0 Å². The van der Waals surface area contributed by atoms with Crippen molar-refractivity contribution >= 4 is 35.2 Å². The molecule has 1 aromatic carbocycles. The number of benzene rings is 1. The molecular formula is C20H26Cl2N2O4. The molecule has 8 heteroatoms. The largest absolute Gasteiger partial charge is 0.444 e. The Kier molecular flexibility index (Phi) is 6.13. The molecule has 154 valence electrons. The summed E-state index contributed by atoms with van der Waals surface area (Å²) >= 11 is 12.5. The smallest absolute Gasteiger partial charge is 0.410 e. The number of morpholine rings is 1. The van der Waals surface area contributed by atoms with Gasteiger partial charge in [0.15, 0.2) is 6.10 Å². The van der Waals surface area contributed by atoms with Gasteiger partial charge in [-0.2, -0.15) is 0 Å². The summed E-state index contributed by atoms with van der Waals surface area (Å²) in [5.74, 6) is -0.141. The molecule has 0 saturated carbocycles. The molecule has 28 heavy (non-hydrogen) atoms. The highest BCUT2D eigenvalue weighted by atomic mass is 35.5. The number of hydrogen-bond donors (Lipinski definition) is 0. The van der Waals surface area contributed by atoms with Gasteiger partial charge in [-0.3, -0.25) is 4.79 Å². The van der Waals surface area contributed by atoms with Gasteiger partial charge in [0.25, 0.3) is 5.91 Å². The maximum absolute atomic E-state index is 13.2. The molecule has 1 saturated heterocycles. The summed E-state index contributed by atoms with van der Waals surface area (Å²) in [5.41, 5.74) is 1.40. The van der Waals surface area contributed by atoms with Crippen molar-refractivity contribution in [2.24, 2.45) is 0 Å². The quantitative estimate of drug-likeness (QED) is 0.675. The van der Waals surface area contributed by atoms with Crippen LogP contribution in [-0.2, 0) is 20.7 Å². The number of fused-ring (bicyclic) bond motifs is 1. The van der Waals surface area contributed by atoms with Gasteiger partial charge in [-0.25, -0.2) is 4.79 Å². The van der Waals surface area contributed by atoms with E-state index in [0.29, 0.717) is 36.2 Å². The van der Waals surface area contributed by atoms with Gasteiger partial charge in [-0.1, -0.05) is 23.2 Å². The van der Waals surface area contributed by atoms with Crippen LogP contribution >= 0.6 is 23.2 Å². The first-order chi connectivity index (χ1) is 13.1. The lowest BCUT2D eigenvalue weighted by Crippen LogP contribution is -2.54. The molecular weight excluding hydrogens is 403 g/mol. The third-order valence-corrected chi connectivity index (χ3v) is 5.49. The fraction of sp³-hybridized carbons (Fsp3) is 0.600. The van der Waals surface area contributed by atoms with Crippen LogP contribution in [0.1, 0.15) is 44.9 Å². The van der Waals surface area contributed by atoms with Gasteiger partial charge in [-0.15, -0.1) is 0 Å². The number of halogens is 2. The number of ether oxygens (including phenoxy) is 2. The van der Waals surface area contributed by atoms with Crippen LogP contribution in [0.25, 0.3) is 0 Å². The van der Waals surface area contributed by atoms with Gasteiger partial charge in [0.05, 0.1) is 19.2 Å². The molecule has 2 amide bonds. The van der Waals surface area contributed by atoms with E-state index in [2.05, 4.69) is 0 Å². The minimum absolute atomic E-state index is 0.141. The number of amides is 2. The molecule has 1 fully saturated rings. The molecule has 2 heterocycles. The molecule has 0 aliphatic carbocycles. The Bertz CT molecular complexity index is 778. The number of rotatable bonds is 1. The Hall–Kier alpha value is -1.50. The molecule has 0 radical (unpaired) electrons. The summed E-state index contributed by atoms with van der Waals surface area (Å²) in [6.07, 6.45) is -0.464. The van der Waals surface area contributed by atoms with Crippen molar-refractivity contribution in [3.63, 3.8) is 0 Å². The number of carbonyl (C=O) groups is 2. The second-order valence-corrected chi connectivity index (χ2v) is 9.05. The van der Waals surface area contributed by atoms with E-state index in [-0.39, 0.29) is 18.5 Å². The summed E-state index contributed by atoms with van der Waals surface area (Å²) < 4.78 is 11.1. The Balaban J connectivity index is 1.72. The first kappa shape index (κ1) is 21.2. The van der Waals surface area contributed by atoms with E-state index in [1.807, 2.05) is 33.8 Å². The van der Waals surface area contributed by atoms with Crippen LogP contribution in [0, 0.1) is 0 Å². The highest BCUT2D eigenvalue weighted by molar-refractivity contribution is 6.35. The average molecular weight is 429 g/mol. The van der Waals surface area contributed by atoms with Crippen molar-refractivity contribution in [3.8, 4) is 0 Å². The number of nitrogens with zero attached hydrogens (tertiary/aromatic N) is 2. The van der Waals surface area contributed by atoms with Gasteiger partial charge < -0.3 is 19.3 Å². The fourth-order valence-corrected chi connectivity index (χ4v) is 4.37. The van der Waals surface area contributed by atoms with E-state index in [1.165, 1.54) is 4.90 Å². The minimum Gasteiger partial charge on any atom is -0.444 e. The molecule has 1 unspecified atom stereocenters. The van der Waals surface area contributed by atoms with Crippen LogP contribution < -0.4 is 0 Å². The van der Waals surface area contributed by atoms with Crippen molar-refractivity contribution in [3.05, 3.63) is 33.3 Å². The first-order valence-electron chi connectivity index (χ1n) is 9.44. The Morgan fingerprint density at radius 2 is 1.93 bits per heavy atom. The van der Waals surface area contributed by atoms with E-state index < -0.39 is 17.8 Å². The van der Waals surface area contributed by atoms with Crippen LogP contribution in [0.4, 0.5) is 4.79 Å². The monoisotopic (exact) mass is 428 g/mol. The highest BCUT2D eigenvalue weighted by Crippen LogP contribution is 2.37. The van der Waals surface area contributed by atoms with Crippen molar-refractivity contribution < 1.29 is 19.1 Å². The lowest BCUT2D eigenvalue weighted by molar-refractivity contribution is -0.151. The normalized spacial score (nSPS) is 22.6. The van der Waals surface area contributed by atoms with Gasteiger partial charge in [0.2, 0.25) is 0 Å². The first-order valence-corrected chi connectivity index (χ1v) is 10.2. The topological polar surface area (TPSA) is 59.1 Å². The SMILES string of the molecule is CC1c2c(Cl)cc(Cl)cc2CCN1C(=O)[C@H]1CN(C(=O)OC(C)(C)C)CCO1. The van der Waals surface area contributed by atoms with Gasteiger partial charge in [-0.05, 0) is 57.4 Å². The van der Waals surface area contributed by atoms with Gasteiger partial charge in [0.1, 0.15) is 5.60 Å². The van der Waals surface area contributed by atoms with Crippen molar-refractivity contribution in [1.82, 2.24) is 9.80 Å². The summed E-state index contributed by atoms with van der Waals surface area (Å²) in [7, 11) is 0. The predicted molar refractivity (Wildman–Crippen MR) is 108 cm³/mol. The van der Waals surface area contributed by atoms with Crippen molar-refractivity contribution in [2.45, 2.75) is 51.9 Å². The molecule has 2 aliphatic rings. The highest BCUT2D eigenvalue weighted by Gasteiger charge is 2.37. The number of carbonyl (C=O) groups excluding carboxylic acids is 2. The molecule has 1 aromatic rings. The lowest BCUT2D eigenvalue weighted by Gasteiger charge is -2.40.